The fourth-order valence-corrected chi connectivity index (χ4v) is 2.59. The van der Waals surface area contributed by atoms with Crippen LogP contribution in [0.1, 0.15) is 48.7 Å². The van der Waals surface area contributed by atoms with E-state index in [2.05, 4.69) is 15.9 Å². The van der Waals surface area contributed by atoms with Crippen molar-refractivity contribution in [2.75, 3.05) is 11.9 Å². The Morgan fingerprint density at radius 1 is 1.56 bits per heavy atom. The number of carbonyl (C=O) groups excluding carboxylic acids is 1. The van der Waals surface area contributed by atoms with Crippen LogP contribution < -0.4 is 0 Å². The summed E-state index contributed by atoms with van der Waals surface area (Å²) >= 11 is 3.44. The number of amides is 1. The van der Waals surface area contributed by atoms with Gasteiger partial charge in [0.1, 0.15) is 5.76 Å². The van der Waals surface area contributed by atoms with Crippen LogP contribution in [0.5, 0.6) is 0 Å². The first-order chi connectivity index (χ1) is 8.77. The lowest BCUT2D eigenvalue weighted by molar-refractivity contribution is 0.0579. The summed E-state index contributed by atoms with van der Waals surface area (Å²) in [6.07, 6.45) is 6.93. The lowest BCUT2D eigenvalue weighted by atomic mass is 9.90. The molecule has 0 aliphatic heterocycles. The predicted molar refractivity (Wildman–Crippen MR) is 75.2 cm³/mol. The molecular weight excluding hydrogens is 294 g/mol. The zero-order valence-corrected chi connectivity index (χ0v) is 12.4. The molecular formula is C14H20BrNO2. The summed E-state index contributed by atoms with van der Waals surface area (Å²) in [6, 6.07) is 2.25. The van der Waals surface area contributed by atoms with Gasteiger partial charge in [-0.1, -0.05) is 22.9 Å². The molecule has 0 atom stereocenters. The molecule has 0 spiro atoms. The monoisotopic (exact) mass is 313 g/mol. The van der Waals surface area contributed by atoms with Crippen molar-refractivity contribution in [3.8, 4) is 0 Å². The summed E-state index contributed by atoms with van der Waals surface area (Å²) in [7, 11) is 0. The standard InChI is InChI=1S/C14H20BrNO2/c1-2-13-12(7-10-18-13)14(17)16(9-4-8-15)11-5-3-6-11/h7,10-11H,2-6,8-9H2,1H3. The van der Waals surface area contributed by atoms with E-state index in [1.807, 2.05) is 11.8 Å². The summed E-state index contributed by atoms with van der Waals surface area (Å²) in [6.45, 7) is 2.85. The molecule has 0 radical (unpaired) electrons. The Hall–Kier alpha value is -0.770. The normalized spacial score (nSPS) is 15.4. The molecule has 0 unspecified atom stereocenters. The van der Waals surface area contributed by atoms with E-state index in [1.54, 1.807) is 12.3 Å². The number of halogens is 1. The number of furan rings is 1. The minimum absolute atomic E-state index is 0.145. The molecule has 1 aromatic rings. The van der Waals surface area contributed by atoms with E-state index in [1.165, 1.54) is 6.42 Å². The molecule has 1 saturated carbocycles. The van der Waals surface area contributed by atoms with Gasteiger partial charge in [0, 0.05) is 24.3 Å². The van der Waals surface area contributed by atoms with Crippen LogP contribution in [-0.4, -0.2) is 28.7 Å². The summed E-state index contributed by atoms with van der Waals surface area (Å²) < 4.78 is 5.36. The lowest BCUT2D eigenvalue weighted by Crippen LogP contribution is -2.45. The van der Waals surface area contributed by atoms with Crippen LogP contribution in [-0.2, 0) is 6.42 Å². The van der Waals surface area contributed by atoms with Crippen LogP contribution in [0.25, 0.3) is 0 Å². The highest BCUT2D eigenvalue weighted by Gasteiger charge is 2.30. The Labute approximate surface area is 117 Å². The second-order valence-corrected chi connectivity index (χ2v) is 5.53. The van der Waals surface area contributed by atoms with E-state index in [0.29, 0.717) is 6.04 Å². The molecule has 100 valence electrons. The van der Waals surface area contributed by atoms with Crippen molar-refractivity contribution in [3.05, 3.63) is 23.7 Å². The third-order valence-electron chi connectivity index (χ3n) is 3.61. The number of rotatable bonds is 6. The third kappa shape index (κ3) is 2.79. The van der Waals surface area contributed by atoms with Gasteiger partial charge in [-0.15, -0.1) is 0 Å². The van der Waals surface area contributed by atoms with Crippen molar-refractivity contribution in [3.63, 3.8) is 0 Å². The Morgan fingerprint density at radius 3 is 2.89 bits per heavy atom. The topological polar surface area (TPSA) is 33.5 Å². The largest absolute Gasteiger partial charge is 0.469 e. The fourth-order valence-electron chi connectivity index (χ4n) is 2.34. The maximum Gasteiger partial charge on any atom is 0.257 e. The molecule has 18 heavy (non-hydrogen) atoms. The summed E-state index contributed by atoms with van der Waals surface area (Å²) in [4.78, 5) is 14.6. The number of nitrogens with zero attached hydrogens (tertiary/aromatic N) is 1. The molecule has 3 nitrogen and oxygen atoms in total. The van der Waals surface area contributed by atoms with Gasteiger partial charge in [0.2, 0.25) is 0 Å². The zero-order chi connectivity index (χ0) is 13.0. The van der Waals surface area contributed by atoms with Crippen molar-refractivity contribution in [2.24, 2.45) is 0 Å². The molecule has 1 aliphatic carbocycles. The Bertz CT molecular complexity index is 398. The quantitative estimate of drug-likeness (QED) is 0.751. The first-order valence-corrected chi connectivity index (χ1v) is 7.83. The maximum absolute atomic E-state index is 12.6. The fraction of sp³-hybridized carbons (Fsp3) is 0.643. The minimum atomic E-state index is 0.145. The minimum Gasteiger partial charge on any atom is -0.469 e. The molecule has 4 heteroatoms. The van der Waals surface area contributed by atoms with E-state index in [0.717, 1.165) is 48.9 Å². The van der Waals surface area contributed by atoms with Gasteiger partial charge in [-0.25, -0.2) is 0 Å². The van der Waals surface area contributed by atoms with Gasteiger partial charge >= 0.3 is 0 Å². The molecule has 1 aliphatic rings. The molecule has 1 heterocycles. The summed E-state index contributed by atoms with van der Waals surface area (Å²) in [5, 5.41) is 0.940. The van der Waals surface area contributed by atoms with Gasteiger partial charge in [0.15, 0.2) is 0 Å². The highest BCUT2D eigenvalue weighted by Crippen LogP contribution is 2.27. The van der Waals surface area contributed by atoms with Gasteiger partial charge < -0.3 is 9.32 Å². The predicted octanol–water partition coefficient (Wildman–Crippen LogP) is 3.62. The molecule has 0 saturated heterocycles. The second kappa shape index (κ2) is 6.41. The smallest absolute Gasteiger partial charge is 0.257 e. The van der Waals surface area contributed by atoms with Crippen molar-refractivity contribution in [1.82, 2.24) is 4.90 Å². The highest BCUT2D eigenvalue weighted by atomic mass is 79.9. The van der Waals surface area contributed by atoms with Crippen molar-refractivity contribution < 1.29 is 9.21 Å². The number of hydrogen-bond acceptors (Lipinski definition) is 2. The zero-order valence-electron chi connectivity index (χ0n) is 10.8. The van der Waals surface area contributed by atoms with Gasteiger partial charge in [-0.05, 0) is 31.7 Å². The number of carbonyl (C=O) groups is 1. The van der Waals surface area contributed by atoms with E-state index < -0.39 is 0 Å². The molecule has 0 N–H and O–H groups in total. The van der Waals surface area contributed by atoms with E-state index in [-0.39, 0.29) is 5.91 Å². The number of aryl methyl sites for hydroxylation is 1. The summed E-state index contributed by atoms with van der Waals surface area (Å²) in [5.74, 6) is 0.953. The maximum atomic E-state index is 12.6. The lowest BCUT2D eigenvalue weighted by Gasteiger charge is -2.37. The van der Waals surface area contributed by atoms with Crippen molar-refractivity contribution >= 4 is 21.8 Å². The molecule has 2 rings (SSSR count). The molecule has 1 aromatic heterocycles. The van der Waals surface area contributed by atoms with Gasteiger partial charge in [0.05, 0.1) is 11.8 Å². The van der Waals surface area contributed by atoms with Crippen molar-refractivity contribution in [2.45, 2.75) is 45.1 Å². The van der Waals surface area contributed by atoms with E-state index in [4.69, 9.17) is 4.42 Å². The van der Waals surface area contributed by atoms with Crippen molar-refractivity contribution in [1.29, 1.82) is 0 Å². The van der Waals surface area contributed by atoms with Crippen LogP contribution in [0.3, 0.4) is 0 Å². The Balaban J connectivity index is 2.11. The van der Waals surface area contributed by atoms with E-state index >= 15 is 0 Å². The average molecular weight is 314 g/mol. The molecule has 1 amide bonds. The first-order valence-electron chi connectivity index (χ1n) is 6.71. The molecule has 1 fully saturated rings. The van der Waals surface area contributed by atoms with Gasteiger partial charge in [-0.2, -0.15) is 0 Å². The van der Waals surface area contributed by atoms with Crippen LogP contribution in [0.4, 0.5) is 0 Å². The first kappa shape index (κ1) is 13.7. The van der Waals surface area contributed by atoms with Crippen LogP contribution in [0.2, 0.25) is 0 Å². The van der Waals surface area contributed by atoms with Gasteiger partial charge in [0.25, 0.3) is 5.91 Å². The number of alkyl halides is 1. The van der Waals surface area contributed by atoms with E-state index in [9.17, 15) is 4.79 Å². The average Bonchev–Trinajstić information content (AvgIpc) is 2.79. The molecule has 0 bridgehead atoms. The second-order valence-electron chi connectivity index (χ2n) is 4.74. The van der Waals surface area contributed by atoms with Crippen LogP contribution >= 0.6 is 15.9 Å². The molecule has 0 aromatic carbocycles. The SMILES string of the molecule is CCc1occc1C(=O)N(CCCBr)C1CCC1. The summed E-state index contributed by atoms with van der Waals surface area (Å²) in [5.41, 5.74) is 0.749. The number of hydrogen-bond donors (Lipinski definition) is 0. The van der Waals surface area contributed by atoms with Gasteiger partial charge in [-0.3, -0.25) is 4.79 Å². The Kier molecular flexibility index (Phi) is 4.87. The van der Waals surface area contributed by atoms with Crippen LogP contribution in [0.15, 0.2) is 16.7 Å². The van der Waals surface area contributed by atoms with Crippen LogP contribution in [0, 0.1) is 0 Å². The Morgan fingerprint density at radius 2 is 2.33 bits per heavy atom. The highest BCUT2D eigenvalue weighted by molar-refractivity contribution is 9.09. The third-order valence-corrected chi connectivity index (χ3v) is 4.17.